The molecule has 0 aromatic rings. The molecule has 1 atom stereocenters. The molecule has 0 aromatic carbocycles. The first-order valence-electron chi connectivity index (χ1n) is 3.16. The van der Waals surface area contributed by atoms with Crippen molar-refractivity contribution < 1.29 is 57.7 Å². The standard InChI is InChI=1S/C8H11.3ClH.Ti/c1-6-4-5-7(2)8(6)3;;;;/h4-5H,1-3H3;3*1H;/q;;;;+3/p-3. The Morgan fingerprint density at radius 2 is 1.58 bits per heavy atom. The van der Waals surface area contributed by atoms with Crippen LogP contribution in [-0.2, 0) is 20.4 Å². The summed E-state index contributed by atoms with van der Waals surface area (Å²) in [6.07, 6.45) is 4.47. The average Bonchev–Trinajstić information content (AvgIpc) is 1.97. The molecule has 1 aliphatic carbocycles. The fourth-order valence-electron chi connectivity index (χ4n) is 0.951. The van der Waals surface area contributed by atoms with Crippen molar-refractivity contribution in [3.8, 4) is 0 Å². The van der Waals surface area contributed by atoms with Gasteiger partial charge >= 0.3 is 68.2 Å². The first kappa shape index (κ1) is 18.8. The van der Waals surface area contributed by atoms with E-state index in [1.165, 1.54) is 11.1 Å². The van der Waals surface area contributed by atoms with Crippen molar-refractivity contribution in [3.05, 3.63) is 23.3 Å². The van der Waals surface area contributed by atoms with E-state index in [2.05, 4.69) is 53.4 Å². The summed E-state index contributed by atoms with van der Waals surface area (Å²) in [4.78, 5) is 0. The van der Waals surface area contributed by atoms with E-state index in [4.69, 9.17) is 0 Å². The third kappa shape index (κ3) is 3.85. The van der Waals surface area contributed by atoms with Gasteiger partial charge in [0, 0.05) is 0 Å². The van der Waals surface area contributed by atoms with Crippen molar-refractivity contribution >= 4 is 0 Å². The molecule has 0 bridgehead atoms. The van der Waals surface area contributed by atoms with E-state index in [1.54, 1.807) is 0 Å². The van der Waals surface area contributed by atoms with Gasteiger partial charge in [-0.2, -0.15) is 0 Å². The Hall–Kier alpha value is 1.06. The maximum absolute atomic E-state index is 2.26. The third-order valence-electron chi connectivity index (χ3n) is 2.04. The van der Waals surface area contributed by atoms with Crippen molar-refractivity contribution in [1.82, 2.24) is 0 Å². The van der Waals surface area contributed by atoms with Crippen LogP contribution in [0.2, 0.25) is 3.72 Å². The largest absolute Gasteiger partial charge is 1.00 e. The van der Waals surface area contributed by atoms with Gasteiger partial charge < -0.3 is 37.2 Å². The topological polar surface area (TPSA) is 0 Å². The maximum Gasteiger partial charge on any atom is -1.00 e. The first-order chi connectivity index (χ1) is 4.04. The van der Waals surface area contributed by atoms with Crippen LogP contribution in [0.15, 0.2) is 23.3 Å². The molecule has 0 N–H and O–H groups in total. The normalized spacial score (nSPS) is 25.8. The van der Waals surface area contributed by atoms with Crippen LogP contribution in [0, 0.1) is 0 Å². The Kier molecular flexibility index (Phi) is 10.2. The quantitative estimate of drug-likeness (QED) is 0.381. The number of rotatable bonds is 0. The van der Waals surface area contributed by atoms with Crippen LogP contribution in [0.3, 0.4) is 0 Å². The van der Waals surface area contributed by atoms with Crippen molar-refractivity contribution in [1.29, 1.82) is 0 Å². The van der Waals surface area contributed by atoms with Crippen LogP contribution in [0.5, 0.6) is 0 Å². The van der Waals surface area contributed by atoms with Crippen molar-refractivity contribution in [2.24, 2.45) is 0 Å². The van der Waals surface area contributed by atoms with Crippen molar-refractivity contribution in [2.45, 2.75) is 24.5 Å². The summed E-state index contributed by atoms with van der Waals surface area (Å²) in [7, 11) is 0. The smallest absolute Gasteiger partial charge is 1.00 e. The summed E-state index contributed by atoms with van der Waals surface area (Å²) in [5, 5.41) is 0. The van der Waals surface area contributed by atoms with Gasteiger partial charge in [0.25, 0.3) is 0 Å². The number of hydrogen-bond donors (Lipinski definition) is 0. The Bertz CT molecular complexity index is 194. The molecule has 0 aliphatic heterocycles. The average molecular weight is 261 g/mol. The van der Waals surface area contributed by atoms with E-state index in [-0.39, 0.29) is 37.2 Å². The predicted molar refractivity (Wildman–Crippen MR) is 35.9 cm³/mol. The number of halogens is 3. The summed E-state index contributed by atoms with van der Waals surface area (Å²) < 4.78 is 0.323. The first-order valence-corrected chi connectivity index (χ1v) is 3.94. The fraction of sp³-hybridized carbons (Fsp3) is 0.500. The van der Waals surface area contributed by atoms with E-state index < -0.39 is 0 Å². The van der Waals surface area contributed by atoms with Gasteiger partial charge in [0.2, 0.25) is 0 Å². The van der Waals surface area contributed by atoms with E-state index >= 15 is 0 Å². The van der Waals surface area contributed by atoms with Crippen molar-refractivity contribution in [3.63, 3.8) is 0 Å². The second-order valence-electron chi connectivity index (χ2n) is 2.84. The summed E-state index contributed by atoms with van der Waals surface area (Å²) in [6, 6.07) is 0. The summed E-state index contributed by atoms with van der Waals surface area (Å²) in [5.41, 5.74) is 2.93. The molecule has 0 aromatic heterocycles. The van der Waals surface area contributed by atoms with E-state index in [9.17, 15) is 0 Å². The summed E-state index contributed by atoms with van der Waals surface area (Å²) in [6.45, 7) is 6.62. The van der Waals surface area contributed by atoms with E-state index in [1.807, 2.05) is 0 Å². The van der Waals surface area contributed by atoms with Crippen LogP contribution in [-0.4, -0.2) is 0 Å². The molecule has 0 fully saturated rings. The second kappa shape index (κ2) is 6.51. The Morgan fingerprint density at radius 3 is 1.67 bits per heavy atom. The zero-order valence-electron chi connectivity index (χ0n) is 7.29. The van der Waals surface area contributed by atoms with Gasteiger partial charge in [-0.05, 0) is 0 Å². The molecule has 0 saturated heterocycles. The Labute approximate surface area is 105 Å². The molecule has 0 nitrogen and oxygen atoms in total. The van der Waals surface area contributed by atoms with Crippen molar-refractivity contribution in [2.75, 3.05) is 0 Å². The predicted octanol–water partition coefficient (Wildman–Crippen LogP) is -6.37. The third-order valence-corrected chi connectivity index (χ3v) is 2.88. The molecule has 0 spiro atoms. The summed E-state index contributed by atoms with van der Waals surface area (Å²) >= 11 is 2.25. The van der Waals surface area contributed by atoms with Gasteiger partial charge in [-0.25, -0.2) is 0 Å². The molecule has 4 heteroatoms. The second-order valence-corrected chi connectivity index (χ2v) is 4.47. The van der Waals surface area contributed by atoms with Gasteiger partial charge in [0.05, 0.1) is 0 Å². The molecule has 1 aliphatic rings. The zero-order chi connectivity index (χ0) is 7.07. The molecular weight excluding hydrogens is 250 g/mol. The minimum atomic E-state index is 0. The molecule has 0 saturated carbocycles. The van der Waals surface area contributed by atoms with Crippen LogP contribution in [0.25, 0.3) is 0 Å². The van der Waals surface area contributed by atoms with E-state index in [0.717, 1.165) is 0 Å². The minimum absolute atomic E-state index is 0. The molecule has 0 heterocycles. The molecular formula is C8H11Cl3Ti. The van der Waals surface area contributed by atoms with Gasteiger partial charge in [0.1, 0.15) is 0 Å². The Balaban J connectivity index is -0.000000270. The SMILES string of the molecule is CC1=C(C)[C](C)([Ti+3])C=C1.[Cl-].[Cl-].[Cl-]. The van der Waals surface area contributed by atoms with Gasteiger partial charge in [-0.1, -0.05) is 0 Å². The molecule has 1 rings (SSSR count). The molecule has 68 valence electrons. The van der Waals surface area contributed by atoms with Gasteiger partial charge in [-0.3, -0.25) is 0 Å². The summed E-state index contributed by atoms with van der Waals surface area (Å²) in [5.74, 6) is 0. The monoisotopic (exact) mass is 260 g/mol. The van der Waals surface area contributed by atoms with Crippen LogP contribution in [0.4, 0.5) is 0 Å². The van der Waals surface area contributed by atoms with Gasteiger partial charge in [-0.15, -0.1) is 0 Å². The number of allylic oxidation sites excluding steroid dienone is 4. The molecule has 0 radical (unpaired) electrons. The molecule has 1 unspecified atom stereocenters. The fourth-order valence-corrected chi connectivity index (χ4v) is 1.39. The maximum atomic E-state index is 2.26. The minimum Gasteiger partial charge on any atom is -1.00 e. The van der Waals surface area contributed by atoms with Crippen LogP contribution < -0.4 is 37.2 Å². The Morgan fingerprint density at radius 1 is 1.17 bits per heavy atom. The molecule has 12 heavy (non-hydrogen) atoms. The van der Waals surface area contributed by atoms with Crippen LogP contribution >= 0.6 is 0 Å². The number of hydrogen-bond acceptors (Lipinski definition) is 0. The zero-order valence-corrected chi connectivity index (χ0v) is 11.1. The van der Waals surface area contributed by atoms with Crippen LogP contribution in [0.1, 0.15) is 20.8 Å². The van der Waals surface area contributed by atoms with E-state index in [0.29, 0.717) is 3.72 Å². The van der Waals surface area contributed by atoms with Gasteiger partial charge in [0.15, 0.2) is 0 Å². The molecule has 0 amide bonds.